The molecule has 484 valence electrons. The molecule has 0 saturated carbocycles. The van der Waals surface area contributed by atoms with Crippen LogP contribution in [0.15, 0.2) is 36.5 Å². The number of allylic oxidation sites excluding steroid dienone is 6. The molecule has 0 radical (unpaired) electrons. The average molecular weight is 1160 g/mol. The molecule has 1 amide bonds. The van der Waals surface area contributed by atoms with E-state index in [-0.39, 0.29) is 12.8 Å². The van der Waals surface area contributed by atoms with E-state index in [4.69, 9.17) is 9.47 Å². The average Bonchev–Trinajstić information content (AvgIpc) is 3.53. The quantitative estimate of drug-likeness (QED) is 0.0215. The zero-order valence-electron chi connectivity index (χ0n) is 53.5. The highest BCUT2D eigenvalue weighted by atomic mass is 16.7. The highest BCUT2D eigenvalue weighted by Crippen LogP contribution is 2.24. The van der Waals surface area contributed by atoms with Crippen LogP contribution < -0.4 is 5.32 Å². The Morgan fingerprint density at radius 2 is 0.732 bits per heavy atom. The van der Waals surface area contributed by atoms with Gasteiger partial charge in [-0.25, -0.2) is 0 Å². The SMILES string of the molecule is CCCCCCCCCCCCCCCCCCCCC/C=C/CC/C=C/CC/C=C/CCCC(O)C(O)C(COC1OC(CO)C(O)C(O)C1O)NC(=O)C(O)CCCCCCCCCCCCCCCCCCCCCCCCC. The van der Waals surface area contributed by atoms with Crippen LogP contribution in [0.25, 0.3) is 0 Å². The van der Waals surface area contributed by atoms with Crippen LogP contribution in [0.4, 0.5) is 0 Å². The van der Waals surface area contributed by atoms with Gasteiger partial charge in [0.2, 0.25) is 5.91 Å². The van der Waals surface area contributed by atoms with Gasteiger partial charge in [-0.1, -0.05) is 314 Å². The zero-order valence-corrected chi connectivity index (χ0v) is 53.5. The first kappa shape index (κ1) is 78.3. The number of carbonyl (C=O) groups excluding carboxylic acids is 1. The highest BCUT2D eigenvalue weighted by Gasteiger charge is 2.44. The molecule has 8 N–H and O–H groups in total. The smallest absolute Gasteiger partial charge is 0.249 e. The molecule has 1 saturated heterocycles. The van der Waals surface area contributed by atoms with E-state index in [1.54, 1.807) is 0 Å². The topological polar surface area (TPSA) is 189 Å². The van der Waals surface area contributed by atoms with Gasteiger partial charge in [0.15, 0.2) is 6.29 Å². The van der Waals surface area contributed by atoms with Crippen molar-refractivity contribution in [2.75, 3.05) is 13.2 Å². The molecule has 9 atom stereocenters. The van der Waals surface area contributed by atoms with E-state index in [9.17, 15) is 40.5 Å². The Bertz CT molecular complexity index is 1430. The Morgan fingerprint density at radius 1 is 0.415 bits per heavy atom. The Balaban J connectivity index is 2.23. The predicted molar refractivity (Wildman–Crippen MR) is 344 cm³/mol. The molecular weight excluding hydrogens is 1030 g/mol. The molecular formula is C71H135NO10. The van der Waals surface area contributed by atoms with Gasteiger partial charge in [-0.15, -0.1) is 0 Å². The first-order valence-electron chi connectivity index (χ1n) is 35.4. The third kappa shape index (κ3) is 46.5. The Hall–Kier alpha value is -1.67. The second kappa shape index (κ2) is 59.7. The summed E-state index contributed by atoms with van der Waals surface area (Å²) in [5.74, 6) is -0.706. The third-order valence-electron chi connectivity index (χ3n) is 17.2. The summed E-state index contributed by atoms with van der Waals surface area (Å²) in [4.78, 5) is 13.2. The number of aliphatic hydroxyl groups excluding tert-OH is 7. The van der Waals surface area contributed by atoms with Crippen molar-refractivity contribution in [3.05, 3.63) is 36.5 Å². The summed E-state index contributed by atoms with van der Waals surface area (Å²) in [6.07, 6.45) is 65.2. The van der Waals surface area contributed by atoms with Crippen molar-refractivity contribution in [2.24, 2.45) is 0 Å². The van der Waals surface area contributed by atoms with Gasteiger partial charge in [0.05, 0.1) is 25.4 Å². The minimum atomic E-state index is -1.67. The summed E-state index contributed by atoms with van der Waals surface area (Å²) >= 11 is 0. The minimum Gasteiger partial charge on any atom is -0.394 e. The van der Waals surface area contributed by atoms with E-state index in [0.29, 0.717) is 19.3 Å². The molecule has 9 unspecified atom stereocenters. The number of unbranched alkanes of at least 4 members (excludes halogenated alkanes) is 44. The van der Waals surface area contributed by atoms with Crippen LogP contribution in [-0.2, 0) is 14.3 Å². The van der Waals surface area contributed by atoms with Crippen molar-refractivity contribution in [3.63, 3.8) is 0 Å². The lowest BCUT2D eigenvalue weighted by atomic mass is 9.98. The molecule has 1 heterocycles. The number of hydrogen-bond donors (Lipinski definition) is 8. The molecule has 11 nitrogen and oxygen atoms in total. The Kier molecular flexibility index (Phi) is 57.0. The molecule has 0 aliphatic carbocycles. The van der Waals surface area contributed by atoms with E-state index in [1.807, 2.05) is 0 Å². The summed E-state index contributed by atoms with van der Waals surface area (Å²) in [5, 5.41) is 76.4. The molecule has 0 bridgehead atoms. The molecule has 0 aromatic rings. The number of ether oxygens (including phenoxy) is 2. The van der Waals surface area contributed by atoms with Crippen LogP contribution in [0, 0.1) is 0 Å². The van der Waals surface area contributed by atoms with Gasteiger partial charge >= 0.3 is 0 Å². The number of nitrogens with one attached hydrogen (secondary N) is 1. The number of hydrogen-bond acceptors (Lipinski definition) is 10. The molecule has 11 heteroatoms. The zero-order chi connectivity index (χ0) is 59.6. The molecule has 0 aromatic heterocycles. The van der Waals surface area contributed by atoms with E-state index in [1.165, 1.54) is 250 Å². The van der Waals surface area contributed by atoms with Gasteiger partial charge in [-0.05, 0) is 64.2 Å². The first-order chi connectivity index (χ1) is 40.2. The predicted octanol–water partition coefficient (Wildman–Crippen LogP) is 17.0. The van der Waals surface area contributed by atoms with Crippen molar-refractivity contribution in [1.29, 1.82) is 0 Å². The van der Waals surface area contributed by atoms with E-state index >= 15 is 0 Å². The van der Waals surface area contributed by atoms with Gasteiger partial charge in [-0.2, -0.15) is 0 Å². The molecule has 1 rings (SSSR count). The molecule has 1 aliphatic heterocycles. The highest BCUT2D eigenvalue weighted by molar-refractivity contribution is 5.80. The van der Waals surface area contributed by atoms with Crippen LogP contribution in [-0.4, -0.2) is 110 Å². The van der Waals surface area contributed by atoms with Crippen LogP contribution >= 0.6 is 0 Å². The van der Waals surface area contributed by atoms with Crippen molar-refractivity contribution < 1.29 is 50.0 Å². The van der Waals surface area contributed by atoms with Gasteiger partial charge in [0, 0.05) is 0 Å². The van der Waals surface area contributed by atoms with E-state index in [0.717, 1.165) is 44.9 Å². The Labute approximate surface area is 505 Å². The fraction of sp³-hybridized carbons (Fsp3) is 0.901. The molecule has 0 spiro atoms. The standard InChI is InChI=1S/C71H135NO10/c1-3-5-7-9-11-13-15-17-19-21-23-25-27-28-29-30-31-32-33-34-35-37-38-40-42-44-46-48-50-52-54-56-58-63(74)66(76)62(61-81-71-69(79)68(78)67(77)65(60-73)82-71)72-70(80)64(75)59-57-55-53-51-49-47-45-43-41-39-36-26-24-22-20-18-16-14-12-10-8-6-4-2/h35,37,42,44,50,52,62-69,71,73-79H,3-34,36,38-41,43,45-49,51,53-61H2,1-2H3,(H,72,80)/b37-35+,44-42+,52-50+. The van der Waals surface area contributed by atoms with Gasteiger partial charge < -0.3 is 50.5 Å². The third-order valence-corrected chi connectivity index (χ3v) is 17.2. The number of rotatable bonds is 62. The first-order valence-corrected chi connectivity index (χ1v) is 35.4. The number of carbonyl (C=O) groups is 1. The maximum atomic E-state index is 13.2. The Morgan fingerprint density at radius 3 is 1.09 bits per heavy atom. The molecule has 82 heavy (non-hydrogen) atoms. The maximum Gasteiger partial charge on any atom is 0.249 e. The normalized spacial score (nSPS) is 19.3. The van der Waals surface area contributed by atoms with Crippen molar-refractivity contribution in [1.82, 2.24) is 5.32 Å². The van der Waals surface area contributed by atoms with Crippen LogP contribution in [0.1, 0.15) is 341 Å². The lowest BCUT2D eigenvalue weighted by molar-refractivity contribution is -0.303. The van der Waals surface area contributed by atoms with Crippen molar-refractivity contribution in [2.45, 2.75) is 396 Å². The maximum absolute atomic E-state index is 13.2. The minimum absolute atomic E-state index is 0.243. The summed E-state index contributed by atoms with van der Waals surface area (Å²) < 4.78 is 11.2. The molecule has 0 aromatic carbocycles. The fourth-order valence-electron chi connectivity index (χ4n) is 11.5. The second-order valence-corrected chi connectivity index (χ2v) is 24.9. The van der Waals surface area contributed by atoms with Crippen LogP contribution in [0.2, 0.25) is 0 Å². The molecule has 1 fully saturated rings. The van der Waals surface area contributed by atoms with Gasteiger partial charge in [0.1, 0.15) is 36.6 Å². The van der Waals surface area contributed by atoms with Crippen molar-refractivity contribution in [3.8, 4) is 0 Å². The van der Waals surface area contributed by atoms with E-state index in [2.05, 4.69) is 55.6 Å². The van der Waals surface area contributed by atoms with Crippen LogP contribution in [0.5, 0.6) is 0 Å². The largest absolute Gasteiger partial charge is 0.394 e. The number of amides is 1. The summed E-state index contributed by atoms with van der Waals surface area (Å²) in [6, 6.07) is -1.19. The second-order valence-electron chi connectivity index (χ2n) is 24.9. The van der Waals surface area contributed by atoms with Gasteiger partial charge in [-0.3, -0.25) is 4.79 Å². The van der Waals surface area contributed by atoms with Gasteiger partial charge in [0.25, 0.3) is 0 Å². The fourth-order valence-corrected chi connectivity index (χ4v) is 11.5. The summed E-state index contributed by atoms with van der Waals surface area (Å²) in [5.41, 5.74) is 0. The lowest BCUT2D eigenvalue weighted by Gasteiger charge is -2.40. The molecule has 1 aliphatic rings. The van der Waals surface area contributed by atoms with E-state index < -0.39 is 74.2 Å². The lowest BCUT2D eigenvalue weighted by Crippen LogP contribution is -2.60. The summed E-state index contributed by atoms with van der Waals surface area (Å²) in [6.45, 7) is 3.49. The van der Waals surface area contributed by atoms with Crippen LogP contribution in [0.3, 0.4) is 0 Å². The number of aliphatic hydroxyl groups is 7. The monoisotopic (exact) mass is 1160 g/mol. The summed E-state index contributed by atoms with van der Waals surface area (Å²) in [7, 11) is 0. The van der Waals surface area contributed by atoms with Crippen molar-refractivity contribution >= 4 is 5.91 Å².